The lowest BCUT2D eigenvalue weighted by Crippen LogP contribution is -2.12. The third-order valence-electron chi connectivity index (χ3n) is 4.13. The number of hydrogen-bond acceptors (Lipinski definition) is 5. The van der Waals surface area contributed by atoms with E-state index in [4.69, 9.17) is 4.74 Å². The summed E-state index contributed by atoms with van der Waals surface area (Å²) >= 11 is 0. The number of methoxy groups -OCH3 is 1. The number of nitrogens with zero attached hydrogens (tertiary/aromatic N) is 1. The molecule has 7 heteroatoms. The van der Waals surface area contributed by atoms with Crippen LogP contribution in [0.2, 0.25) is 0 Å². The van der Waals surface area contributed by atoms with Gasteiger partial charge in [0.15, 0.2) is 0 Å². The van der Waals surface area contributed by atoms with Gasteiger partial charge in [-0.05, 0) is 42.0 Å². The van der Waals surface area contributed by atoms with E-state index in [2.05, 4.69) is 10.6 Å². The fourth-order valence-electron chi connectivity index (χ4n) is 2.64. The molecule has 3 aromatic carbocycles. The van der Waals surface area contributed by atoms with Crippen molar-refractivity contribution in [3.05, 3.63) is 94.0 Å². The molecule has 0 spiro atoms. The summed E-state index contributed by atoms with van der Waals surface area (Å²) in [6.07, 6.45) is 0. The van der Waals surface area contributed by atoms with Crippen LogP contribution in [-0.2, 0) is 6.54 Å². The average Bonchev–Trinajstić information content (AvgIpc) is 2.73. The van der Waals surface area contributed by atoms with E-state index in [1.165, 1.54) is 6.07 Å². The monoisotopic (exact) mass is 377 g/mol. The molecule has 2 N–H and O–H groups in total. The fraction of sp³-hybridized carbons (Fsp3) is 0.0952. The highest BCUT2D eigenvalue weighted by Crippen LogP contribution is 2.27. The van der Waals surface area contributed by atoms with Gasteiger partial charge in [-0.15, -0.1) is 0 Å². The molecule has 0 saturated carbocycles. The minimum Gasteiger partial charge on any atom is -0.497 e. The summed E-state index contributed by atoms with van der Waals surface area (Å²) in [5.74, 6) is 0.241. The van der Waals surface area contributed by atoms with Crippen LogP contribution < -0.4 is 15.4 Å². The van der Waals surface area contributed by atoms with E-state index in [1.807, 2.05) is 30.3 Å². The Morgan fingerprint density at radius 3 is 2.39 bits per heavy atom. The van der Waals surface area contributed by atoms with E-state index in [-0.39, 0.29) is 11.3 Å². The third-order valence-corrected chi connectivity index (χ3v) is 4.13. The number of anilines is 2. The summed E-state index contributed by atoms with van der Waals surface area (Å²) in [7, 11) is 1.56. The molecule has 0 bridgehead atoms. The second-order valence-electron chi connectivity index (χ2n) is 6.01. The van der Waals surface area contributed by atoms with E-state index < -0.39 is 10.8 Å². The lowest BCUT2D eigenvalue weighted by Gasteiger charge is -2.10. The van der Waals surface area contributed by atoms with Crippen molar-refractivity contribution in [1.82, 2.24) is 0 Å². The van der Waals surface area contributed by atoms with Crippen molar-refractivity contribution in [1.29, 1.82) is 0 Å². The van der Waals surface area contributed by atoms with Crippen molar-refractivity contribution in [2.45, 2.75) is 6.54 Å². The molecule has 1 amide bonds. The number of nitro benzene ring substituents is 1. The topological polar surface area (TPSA) is 93.5 Å². The van der Waals surface area contributed by atoms with Crippen LogP contribution in [0.25, 0.3) is 0 Å². The number of carbonyl (C=O) groups excluding carboxylic acids is 1. The molecule has 0 heterocycles. The second kappa shape index (κ2) is 8.68. The Balaban J connectivity index is 1.75. The highest BCUT2D eigenvalue weighted by atomic mass is 16.6. The Morgan fingerprint density at radius 1 is 1.04 bits per heavy atom. The third kappa shape index (κ3) is 4.64. The zero-order chi connectivity index (χ0) is 19.9. The maximum absolute atomic E-state index is 12.4. The average molecular weight is 377 g/mol. The van der Waals surface area contributed by atoms with Crippen molar-refractivity contribution in [3.8, 4) is 5.75 Å². The molecular formula is C21H19N3O4. The van der Waals surface area contributed by atoms with E-state index in [1.54, 1.807) is 43.5 Å². The van der Waals surface area contributed by atoms with Gasteiger partial charge in [0.05, 0.1) is 12.0 Å². The number of ether oxygens (including phenoxy) is 1. The Bertz CT molecular complexity index is 973. The van der Waals surface area contributed by atoms with Gasteiger partial charge in [0.2, 0.25) is 0 Å². The predicted molar refractivity (Wildman–Crippen MR) is 108 cm³/mol. The first-order valence-electron chi connectivity index (χ1n) is 8.58. The summed E-state index contributed by atoms with van der Waals surface area (Å²) in [6, 6.07) is 20.8. The van der Waals surface area contributed by atoms with Gasteiger partial charge < -0.3 is 15.4 Å². The van der Waals surface area contributed by atoms with Gasteiger partial charge in [-0.25, -0.2) is 0 Å². The molecule has 0 unspecified atom stereocenters. The summed E-state index contributed by atoms with van der Waals surface area (Å²) in [5.41, 5.74) is 1.97. The predicted octanol–water partition coefficient (Wildman–Crippen LogP) is 4.47. The molecule has 3 aromatic rings. The van der Waals surface area contributed by atoms with Gasteiger partial charge in [-0.3, -0.25) is 14.9 Å². The number of nitro groups is 1. The number of nitrogens with one attached hydrogen (secondary N) is 2. The smallest absolute Gasteiger partial charge is 0.293 e. The molecule has 0 aliphatic heterocycles. The molecule has 0 aliphatic carbocycles. The van der Waals surface area contributed by atoms with Crippen LogP contribution in [0.3, 0.4) is 0 Å². The maximum Gasteiger partial charge on any atom is 0.293 e. The van der Waals surface area contributed by atoms with Crippen molar-refractivity contribution in [2.75, 3.05) is 17.7 Å². The Labute approximate surface area is 162 Å². The number of amides is 1. The number of benzene rings is 3. The summed E-state index contributed by atoms with van der Waals surface area (Å²) in [5, 5.41) is 17.2. The minimum atomic E-state index is -0.502. The van der Waals surface area contributed by atoms with Crippen LogP contribution in [-0.4, -0.2) is 17.9 Å². The number of rotatable bonds is 7. The van der Waals surface area contributed by atoms with Crippen LogP contribution in [0.15, 0.2) is 72.8 Å². The summed E-state index contributed by atoms with van der Waals surface area (Å²) < 4.78 is 5.07. The molecule has 7 nitrogen and oxygen atoms in total. The summed E-state index contributed by atoms with van der Waals surface area (Å²) in [6.45, 7) is 0.444. The number of carbonyl (C=O) groups is 1. The Hall–Kier alpha value is -3.87. The quantitative estimate of drug-likeness (QED) is 0.468. The van der Waals surface area contributed by atoms with Gasteiger partial charge in [0.1, 0.15) is 11.4 Å². The van der Waals surface area contributed by atoms with Gasteiger partial charge in [0, 0.05) is 23.9 Å². The molecular weight excluding hydrogens is 358 g/mol. The molecule has 28 heavy (non-hydrogen) atoms. The van der Waals surface area contributed by atoms with Crippen LogP contribution in [0, 0.1) is 10.1 Å². The van der Waals surface area contributed by atoms with E-state index >= 15 is 0 Å². The van der Waals surface area contributed by atoms with Gasteiger partial charge in [-0.1, -0.05) is 30.3 Å². The van der Waals surface area contributed by atoms with Crippen molar-refractivity contribution in [3.63, 3.8) is 0 Å². The van der Waals surface area contributed by atoms with Crippen molar-refractivity contribution < 1.29 is 14.5 Å². The first kappa shape index (κ1) is 18.9. The molecule has 0 radical (unpaired) electrons. The van der Waals surface area contributed by atoms with E-state index in [9.17, 15) is 14.9 Å². The van der Waals surface area contributed by atoms with Crippen LogP contribution in [0.4, 0.5) is 17.1 Å². The largest absolute Gasteiger partial charge is 0.497 e. The van der Waals surface area contributed by atoms with Crippen molar-refractivity contribution >= 4 is 23.0 Å². The van der Waals surface area contributed by atoms with Crippen LogP contribution in [0.1, 0.15) is 15.9 Å². The molecule has 0 fully saturated rings. The zero-order valence-corrected chi connectivity index (χ0v) is 15.2. The Morgan fingerprint density at radius 2 is 1.75 bits per heavy atom. The second-order valence-corrected chi connectivity index (χ2v) is 6.01. The van der Waals surface area contributed by atoms with E-state index in [0.29, 0.717) is 23.7 Å². The molecule has 0 aliphatic rings. The van der Waals surface area contributed by atoms with Crippen molar-refractivity contribution in [2.24, 2.45) is 0 Å². The lowest BCUT2D eigenvalue weighted by atomic mass is 10.1. The normalized spacial score (nSPS) is 10.2. The lowest BCUT2D eigenvalue weighted by molar-refractivity contribution is -0.384. The zero-order valence-electron chi connectivity index (χ0n) is 15.2. The minimum absolute atomic E-state index is 0.154. The molecule has 3 rings (SSSR count). The first-order valence-corrected chi connectivity index (χ1v) is 8.58. The Kier molecular flexibility index (Phi) is 5.86. The van der Waals surface area contributed by atoms with Crippen LogP contribution >= 0.6 is 0 Å². The van der Waals surface area contributed by atoms with Crippen LogP contribution in [0.5, 0.6) is 5.75 Å². The molecule has 0 atom stereocenters. The van der Waals surface area contributed by atoms with Gasteiger partial charge in [0.25, 0.3) is 11.6 Å². The standard InChI is InChI=1S/C21H19N3O4/c1-28-18-10-8-17(9-11-18)23-21(25)16-7-12-19(20(13-16)24(26)27)22-14-15-5-3-2-4-6-15/h2-13,22H,14H2,1H3,(H,23,25). The first-order chi connectivity index (χ1) is 13.6. The SMILES string of the molecule is COc1ccc(NC(=O)c2ccc(NCc3ccccc3)c([N+](=O)[O-])c2)cc1. The summed E-state index contributed by atoms with van der Waals surface area (Å²) in [4.78, 5) is 23.4. The number of hydrogen-bond donors (Lipinski definition) is 2. The molecule has 0 aromatic heterocycles. The highest BCUT2D eigenvalue weighted by molar-refractivity contribution is 6.05. The van der Waals surface area contributed by atoms with Gasteiger partial charge >= 0.3 is 0 Å². The van der Waals surface area contributed by atoms with E-state index in [0.717, 1.165) is 5.56 Å². The highest BCUT2D eigenvalue weighted by Gasteiger charge is 2.17. The molecule has 0 saturated heterocycles. The van der Waals surface area contributed by atoms with Gasteiger partial charge in [-0.2, -0.15) is 0 Å². The maximum atomic E-state index is 12.4. The molecule has 142 valence electrons. The fourth-order valence-corrected chi connectivity index (χ4v) is 2.64.